The molecule has 0 saturated carbocycles. The molecule has 0 fully saturated rings. The molecule has 5 nitrogen and oxygen atoms in total. The fraction of sp³-hybridized carbons (Fsp3) is 0.176. The Hall–Kier alpha value is -3.00. The molecule has 0 spiro atoms. The lowest BCUT2D eigenvalue weighted by Gasteiger charge is -2.13. The predicted octanol–water partition coefficient (Wildman–Crippen LogP) is 1.56. The largest absolute Gasteiger partial charge is 0.497 e. The maximum atomic E-state index is 12.6. The van der Waals surface area contributed by atoms with E-state index in [1.807, 2.05) is 0 Å². The van der Waals surface area contributed by atoms with Crippen LogP contribution in [0.1, 0.15) is 10.5 Å². The Morgan fingerprint density at radius 1 is 1.50 bits per heavy atom. The Balaban J connectivity index is 2.68. The summed E-state index contributed by atoms with van der Waals surface area (Å²) in [6.07, 6.45) is 6.71. The van der Waals surface area contributed by atoms with Crippen LogP contribution in [0, 0.1) is 12.3 Å². The fourth-order valence-electron chi connectivity index (χ4n) is 2.18. The minimum absolute atomic E-state index is 0.0945. The molecule has 1 amide bonds. The summed E-state index contributed by atoms with van der Waals surface area (Å²) in [4.78, 5) is 24.8. The van der Waals surface area contributed by atoms with Gasteiger partial charge in [-0.3, -0.25) is 14.2 Å². The van der Waals surface area contributed by atoms with Crippen molar-refractivity contribution >= 4 is 16.7 Å². The number of amides is 1. The van der Waals surface area contributed by atoms with E-state index >= 15 is 0 Å². The molecule has 112 valence electrons. The van der Waals surface area contributed by atoms with Crippen LogP contribution in [0.15, 0.2) is 41.7 Å². The number of hydrogen-bond donors (Lipinski definition) is 1. The van der Waals surface area contributed by atoms with Crippen molar-refractivity contribution in [2.24, 2.45) is 0 Å². The van der Waals surface area contributed by atoms with Crippen LogP contribution in [0.4, 0.5) is 0 Å². The topological polar surface area (TPSA) is 60.3 Å². The van der Waals surface area contributed by atoms with E-state index in [-0.39, 0.29) is 24.3 Å². The van der Waals surface area contributed by atoms with Crippen LogP contribution in [-0.2, 0) is 6.54 Å². The second-order valence-electron chi connectivity index (χ2n) is 4.57. The minimum Gasteiger partial charge on any atom is -0.497 e. The monoisotopic (exact) mass is 296 g/mol. The first-order valence-corrected chi connectivity index (χ1v) is 6.66. The van der Waals surface area contributed by atoms with Gasteiger partial charge in [0.2, 0.25) is 0 Å². The van der Waals surface area contributed by atoms with E-state index < -0.39 is 5.91 Å². The average Bonchev–Trinajstić information content (AvgIpc) is 2.54. The lowest BCUT2D eigenvalue weighted by molar-refractivity contribution is 0.0949. The van der Waals surface area contributed by atoms with Gasteiger partial charge >= 0.3 is 0 Å². The molecule has 0 unspecified atom stereocenters. The quantitative estimate of drug-likeness (QED) is 0.673. The van der Waals surface area contributed by atoms with E-state index in [9.17, 15) is 9.59 Å². The van der Waals surface area contributed by atoms with Crippen LogP contribution >= 0.6 is 0 Å². The van der Waals surface area contributed by atoms with Gasteiger partial charge < -0.3 is 10.1 Å². The highest BCUT2D eigenvalue weighted by Crippen LogP contribution is 2.19. The molecule has 5 heteroatoms. The summed E-state index contributed by atoms with van der Waals surface area (Å²) >= 11 is 0. The van der Waals surface area contributed by atoms with E-state index in [1.54, 1.807) is 37.5 Å². The van der Waals surface area contributed by atoms with Crippen LogP contribution in [-0.4, -0.2) is 24.1 Å². The second-order valence-corrected chi connectivity index (χ2v) is 4.57. The van der Waals surface area contributed by atoms with Crippen LogP contribution in [0.2, 0.25) is 0 Å². The normalized spacial score (nSPS) is 10.0. The number of fused-ring (bicyclic) bond motifs is 1. The van der Waals surface area contributed by atoms with Gasteiger partial charge in [0.05, 0.1) is 13.7 Å². The Morgan fingerprint density at radius 3 is 2.91 bits per heavy atom. The molecule has 1 heterocycles. The predicted molar refractivity (Wildman–Crippen MR) is 86.1 cm³/mol. The van der Waals surface area contributed by atoms with E-state index in [1.165, 1.54) is 4.57 Å². The van der Waals surface area contributed by atoms with Gasteiger partial charge in [-0.2, -0.15) is 0 Å². The third kappa shape index (κ3) is 2.86. The first-order valence-electron chi connectivity index (χ1n) is 6.66. The lowest BCUT2D eigenvalue weighted by atomic mass is 10.1. The Kier molecular flexibility index (Phi) is 4.64. The molecule has 1 aromatic heterocycles. The van der Waals surface area contributed by atoms with Crippen LogP contribution in [0.3, 0.4) is 0 Å². The lowest BCUT2D eigenvalue weighted by Crippen LogP contribution is -2.32. The van der Waals surface area contributed by atoms with Gasteiger partial charge in [-0.15, -0.1) is 13.0 Å². The van der Waals surface area contributed by atoms with E-state index in [0.29, 0.717) is 16.5 Å². The van der Waals surface area contributed by atoms with Crippen molar-refractivity contribution in [2.45, 2.75) is 6.54 Å². The van der Waals surface area contributed by atoms with Crippen LogP contribution < -0.4 is 15.6 Å². The van der Waals surface area contributed by atoms with Gasteiger partial charge in [0.25, 0.3) is 11.5 Å². The van der Waals surface area contributed by atoms with E-state index in [4.69, 9.17) is 11.2 Å². The number of methoxy groups -OCH3 is 1. The van der Waals surface area contributed by atoms with Crippen molar-refractivity contribution in [3.8, 4) is 18.1 Å². The molecule has 1 aromatic carbocycles. The van der Waals surface area contributed by atoms with Crippen molar-refractivity contribution in [3.05, 3.63) is 53.0 Å². The van der Waals surface area contributed by atoms with Gasteiger partial charge in [-0.05, 0) is 29.7 Å². The number of benzene rings is 1. The Bertz CT molecular complexity index is 828. The maximum Gasteiger partial charge on any atom is 0.268 e. The molecule has 0 bridgehead atoms. The summed E-state index contributed by atoms with van der Waals surface area (Å²) in [6.45, 7) is 3.95. The number of terminal acetylenes is 1. The number of hydrogen-bond acceptors (Lipinski definition) is 3. The highest BCUT2D eigenvalue weighted by molar-refractivity contribution is 5.97. The van der Waals surface area contributed by atoms with Gasteiger partial charge in [-0.1, -0.05) is 12.0 Å². The second kappa shape index (κ2) is 6.64. The average molecular weight is 296 g/mol. The third-order valence-corrected chi connectivity index (χ3v) is 3.21. The molecule has 0 aliphatic carbocycles. The SMILES string of the molecule is C#CCNC(=O)c1cc2cc(OC)ccc2c(=O)n1CC=C. The van der Waals surface area contributed by atoms with Gasteiger partial charge in [0, 0.05) is 11.9 Å². The van der Waals surface area contributed by atoms with Crippen molar-refractivity contribution in [1.29, 1.82) is 0 Å². The summed E-state index contributed by atoms with van der Waals surface area (Å²) in [5.41, 5.74) is -0.0215. The first kappa shape index (κ1) is 15.4. The zero-order chi connectivity index (χ0) is 16.1. The molecular formula is C17H16N2O3. The zero-order valence-corrected chi connectivity index (χ0v) is 12.3. The number of nitrogens with zero attached hydrogens (tertiary/aromatic N) is 1. The molecule has 1 N–H and O–H groups in total. The first-order chi connectivity index (χ1) is 10.6. The van der Waals surface area contributed by atoms with Gasteiger partial charge in [0.15, 0.2) is 0 Å². The Labute approximate surface area is 128 Å². The standard InChI is InChI=1S/C17H16N2O3/c1-4-8-18-16(20)15-11-12-10-13(22-3)6-7-14(12)17(21)19(15)9-5-2/h1,5-7,10-11H,2,8-9H2,3H3,(H,18,20). The number of carbonyl (C=O) groups excluding carboxylic acids is 1. The Morgan fingerprint density at radius 2 is 2.27 bits per heavy atom. The fourth-order valence-corrected chi connectivity index (χ4v) is 2.18. The third-order valence-electron chi connectivity index (χ3n) is 3.21. The summed E-state index contributed by atoms with van der Waals surface area (Å²) < 4.78 is 6.52. The van der Waals surface area contributed by atoms with Crippen molar-refractivity contribution < 1.29 is 9.53 Å². The number of allylic oxidation sites excluding steroid dienone is 1. The molecule has 22 heavy (non-hydrogen) atoms. The molecule has 2 rings (SSSR count). The number of rotatable bonds is 5. The number of carbonyl (C=O) groups is 1. The van der Waals surface area contributed by atoms with E-state index in [2.05, 4.69) is 17.8 Å². The highest BCUT2D eigenvalue weighted by atomic mass is 16.5. The van der Waals surface area contributed by atoms with Crippen LogP contribution in [0.25, 0.3) is 10.8 Å². The zero-order valence-electron chi connectivity index (χ0n) is 12.3. The molecule has 0 aliphatic rings. The summed E-state index contributed by atoms with van der Waals surface area (Å²) in [7, 11) is 1.54. The maximum absolute atomic E-state index is 12.6. The van der Waals surface area contributed by atoms with Crippen molar-refractivity contribution in [2.75, 3.05) is 13.7 Å². The summed E-state index contributed by atoms with van der Waals surface area (Å²) in [6, 6.07) is 6.75. The summed E-state index contributed by atoms with van der Waals surface area (Å²) in [5, 5.41) is 3.71. The van der Waals surface area contributed by atoms with E-state index in [0.717, 1.165) is 0 Å². The summed E-state index contributed by atoms with van der Waals surface area (Å²) in [5.74, 6) is 2.54. The van der Waals surface area contributed by atoms with Gasteiger partial charge in [0.1, 0.15) is 11.4 Å². The molecular weight excluding hydrogens is 280 g/mol. The molecule has 0 atom stereocenters. The van der Waals surface area contributed by atoms with Crippen molar-refractivity contribution in [1.82, 2.24) is 9.88 Å². The van der Waals surface area contributed by atoms with Crippen molar-refractivity contribution in [3.63, 3.8) is 0 Å². The number of nitrogens with one attached hydrogen (secondary N) is 1. The molecule has 2 aromatic rings. The number of pyridine rings is 1. The highest BCUT2D eigenvalue weighted by Gasteiger charge is 2.14. The molecule has 0 radical (unpaired) electrons. The number of aromatic nitrogens is 1. The number of ether oxygens (including phenoxy) is 1. The smallest absolute Gasteiger partial charge is 0.268 e. The van der Waals surface area contributed by atoms with Crippen LogP contribution in [0.5, 0.6) is 5.75 Å². The molecule has 0 aliphatic heterocycles. The minimum atomic E-state index is -0.401. The molecule has 0 saturated heterocycles. The van der Waals surface area contributed by atoms with Gasteiger partial charge in [-0.25, -0.2) is 0 Å².